The van der Waals surface area contributed by atoms with Gasteiger partial charge in [-0.3, -0.25) is 0 Å². The molecule has 0 spiro atoms. The minimum atomic E-state index is -3.70. The lowest BCUT2D eigenvalue weighted by Gasteiger charge is -2.31. The Balaban J connectivity index is 2.15. The second-order valence-electron chi connectivity index (χ2n) is 3.81. The van der Waals surface area contributed by atoms with Crippen molar-refractivity contribution < 1.29 is 17.5 Å². The molecule has 0 unspecified atom stereocenters. The molecule has 1 aliphatic rings. The van der Waals surface area contributed by atoms with Crippen LogP contribution in [0.2, 0.25) is 0 Å². The molecule has 2 N–H and O–H groups in total. The highest BCUT2D eigenvalue weighted by atomic mass is 32.2. The first-order chi connectivity index (χ1) is 7.97. The van der Waals surface area contributed by atoms with Gasteiger partial charge in [0.1, 0.15) is 5.82 Å². The standard InChI is InChI=1S/C10H13FN2O3S/c11-9-3-1-8(2-4-9)10-7-13(5-6-16-10)17(12,14)15/h1-4,10H,5-7H2,(H2,12,14,15)/t10-/m0/s1. The van der Waals surface area contributed by atoms with Crippen LogP contribution in [0, 0.1) is 5.82 Å². The summed E-state index contributed by atoms with van der Waals surface area (Å²) in [7, 11) is -3.70. The van der Waals surface area contributed by atoms with Gasteiger partial charge in [0.05, 0.1) is 12.7 Å². The van der Waals surface area contributed by atoms with Crippen LogP contribution in [0.15, 0.2) is 24.3 Å². The summed E-state index contributed by atoms with van der Waals surface area (Å²) in [6, 6.07) is 5.78. The minimum Gasteiger partial charge on any atom is -0.371 e. The molecular weight excluding hydrogens is 247 g/mol. The van der Waals surface area contributed by atoms with Crippen molar-refractivity contribution >= 4 is 10.2 Å². The average molecular weight is 260 g/mol. The summed E-state index contributed by atoms with van der Waals surface area (Å²) in [5.74, 6) is -0.340. The molecule has 1 saturated heterocycles. The lowest BCUT2D eigenvalue weighted by molar-refractivity contribution is -0.00258. The summed E-state index contributed by atoms with van der Waals surface area (Å²) in [6.07, 6.45) is -0.400. The van der Waals surface area contributed by atoms with Crippen LogP contribution >= 0.6 is 0 Å². The van der Waals surface area contributed by atoms with E-state index in [1.54, 1.807) is 12.1 Å². The van der Waals surface area contributed by atoms with Gasteiger partial charge in [0, 0.05) is 13.1 Å². The molecule has 0 amide bonds. The molecule has 0 saturated carbocycles. The van der Waals surface area contributed by atoms with Crippen molar-refractivity contribution in [2.24, 2.45) is 5.14 Å². The Bertz CT molecular complexity index is 489. The minimum absolute atomic E-state index is 0.157. The highest BCUT2D eigenvalue weighted by Crippen LogP contribution is 2.23. The quantitative estimate of drug-likeness (QED) is 0.836. The Labute approximate surface area is 99.2 Å². The fraction of sp³-hybridized carbons (Fsp3) is 0.400. The molecule has 0 aliphatic carbocycles. The Hall–Kier alpha value is -1.02. The van der Waals surface area contributed by atoms with Crippen molar-refractivity contribution in [2.75, 3.05) is 19.7 Å². The Morgan fingerprint density at radius 3 is 2.59 bits per heavy atom. The molecule has 1 heterocycles. The van der Waals surface area contributed by atoms with Crippen LogP contribution in [0.3, 0.4) is 0 Å². The SMILES string of the molecule is NS(=O)(=O)N1CCO[C@H](c2ccc(F)cc2)C1. The monoisotopic (exact) mass is 260 g/mol. The Kier molecular flexibility index (Phi) is 3.43. The molecule has 1 aromatic carbocycles. The van der Waals surface area contributed by atoms with Gasteiger partial charge in [0.15, 0.2) is 0 Å². The maximum atomic E-state index is 12.8. The first kappa shape index (κ1) is 12.4. The van der Waals surface area contributed by atoms with Crippen LogP contribution in [-0.2, 0) is 14.9 Å². The van der Waals surface area contributed by atoms with Crippen molar-refractivity contribution in [2.45, 2.75) is 6.10 Å². The van der Waals surface area contributed by atoms with Gasteiger partial charge in [-0.05, 0) is 17.7 Å². The third kappa shape index (κ3) is 3.01. The fourth-order valence-corrected chi connectivity index (χ4v) is 2.41. The van der Waals surface area contributed by atoms with E-state index in [0.717, 1.165) is 9.87 Å². The van der Waals surface area contributed by atoms with E-state index >= 15 is 0 Å². The van der Waals surface area contributed by atoms with Crippen molar-refractivity contribution in [3.8, 4) is 0 Å². The van der Waals surface area contributed by atoms with Gasteiger partial charge in [0.25, 0.3) is 10.2 Å². The highest BCUT2D eigenvalue weighted by Gasteiger charge is 2.27. The summed E-state index contributed by atoms with van der Waals surface area (Å²) < 4.78 is 41.8. The van der Waals surface area contributed by atoms with E-state index in [0.29, 0.717) is 0 Å². The Morgan fingerprint density at radius 2 is 2.00 bits per heavy atom. The van der Waals surface area contributed by atoms with E-state index in [1.165, 1.54) is 12.1 Å². The smallest absolute Gasteiger partial charge is 0.277 e. The number of morpholine rings is 1. The van der Waals surface area contributed by atoms with Crippen LogP contribution in [0.5, 0.6) is 0 Å². The number of ether oxygens (including phenoxy) is 1. The molecule has 0 aromatic heterocycles. The zero-order chi connectivity index (χ0) is 12.5. The topological polar surface area (TPSA) is 72.6 Å². The van der Waals surface area contributed by atoms with E-state index in [9.17, 15) is 12.8 Å². The van der Waals surface area contributed by atoms with Gasteiger partial charge >= 0.3 is 0 Å². The van der Waals surface area contributed by atoms with Crippen LogP contribution in [0.4, 0.5) is 4.39 Å². The number of hydrogen-bond donors (Lipinski definition) is 1. The van der Waals surface area contributed by atoms with Crippen LogP contribution < -0.4 is 5.14 Å². The first-order valence-corrected chi connectivity index (χ1v) is 6.62. The second kappa shape index (κ2) is 4.69. The number of nitrogens with two attached hydrogens (primary N) is 1. The van der Waals surface area contributed by atoms with E-state index in [2.05, 4.69) is 0 Å². The van der Waals surface area contributed by atoms with Crippen molar-refractivity contribution in [3.63, 3.8) is 0 Å². The molecule has 0 bridgehead atoms. The summed E-state index contributed by atoms with van der Waals surface area (Å²) >= 11 is 0. The second-order valence-corrected chi connectivity index (χ2v) is 5.36. The van der Waals surface area contributed by atoms with Gasteiger partial charge in [-0.15, -0.1) is 0 Å². The lowest BCUT2D eigenvalue weighted by Crippen LogP contribution is -2.45. The van der Waals surface area contributed by atoms with Crippen molar-refractivity contribution in [1.29, 1.82) is 0 Å². The summed E-state index contributed by atoms with van der Waals surface area (Å²) in [4.78, 5) is 0. The maximum Gasteiger partial charge on any atom is 0.277 e. The Morgan fingerprint density at radius 1 is 1.35 bits per heavy atom. The molecule has 17 heavy (non-hydrogen) atoms. The van der Waals surface area contributed by atoms with Gasteiger partial charge in [-0.2, -0.15) is 12.7 Å². The molecule has 2 rings (SSSR count). The molecule has 1 aromatic rings. The maximum absolute atomic E-state index is 12.8. The summed E-state index contributed by atoms with van der Waals surface area (Å²) in [5.41, 5.74) is 0.736. The van der Waals surface area contributed by atoms with E-state index in [1.807, 2.05) is 0 Å². The number of benzene rings is 1. The molecule has 1 aliphatic heterocycles. The number of rotatable bonds is 2. The molecule has 1 fully saturated rings. The number of halogens is 1. The predicted molar refractivity (Wildman–Crippen MR) is 59.8 cm³/mol. The zero-order valence-corrected chi connectivity index (χ0v) is 9.86. The van der Waals surface area contributed by atoms with Crippen LogP contribution in [-0.4, -0.2) is 32.4 Å². The largest absolute Gasteiger partial charge is 0.371 e. The first-order valence-electron chi connectivity index (χ1n) is 5.12. The molecular formula is C10H13FN2O3S. The van der Waals surface area contributed by atoms with Crippen molar-refractivity contribution in [3.05, 3.63) is 35.6 Å². The van der Waals surface area contributed by atoms with Gasteiger partial charge in [-0.25, -0.2) is 9.53 Å². The molecule has 5 nitrogen and oxygen atoms in total. The average Bonchev–Trinajstić information content (AvgIpc) is 2.29. The third-order valence-electron chi connectivity index (χ3n) is 2.63. The molecule has 94 valence electrons. The van der Waals surface area contributed by atoms with Crippen molar-refractivity contribution in [1.82, 2.24) is 4.31 Å². The van der Waals surface area contributed by atoms with Gasteiger partial charge < -0.3 is 4.74 Å². The molecule has 1 atom stereocenters. The molecule has 7 heteroatoms. The van der Waals surface area contributed by atoms with Crippen LogP contribution in [0.25, 0.3) is 0 Å². The summed E-state index contributed by atoms with van der Waals surface area (Å²) in [5, 5.41) is 5.06. The lowest BCUT2D eigenvalue weighted by atomic mass is 10.1. The fourth-order valence-electron chi connectivity index (χ4n) is 1.74. The highest BCUT2D eigenvalue weighted by molar-refractivity contribution is 7.86. The van der Waals surface area contributed by atoms with Gasteiger partial charge in [-0.1, -0.05) is 12.1 Å². The molecule has 0 radical (unpaired) electrons. The predicted octanol–water partition coefficient (Wildman–Crippen LogP) is 0.403. The summed E-state index contributed by atoms with van der Waals surface area (Å²) in [6.45, 7) is 0.680. The third-order valence-corrected chi connectivity index (χ3v) is 3.68. The normalized spacial score (nSPS) is 22.6. The number of hydrogen-bond acceptors (Lipinski definition) is 3. The van der Waals surface area contributed by atoms with E-state index < -0.39 is 16.3 Å². The number of nitrogens with zero attached hydrogens (tertiary/aromatic N) is 1. The zero-order valence-electron chi connectivity index (χ0n) is 9.04. The van der Waals surface area contributed by atoms with Gasteiger partial charge in [0.2, 0.25) is 0 Å². The van der Waals surface area contributed by atoms with E-state index in [4.69, 9.17) is 9.88 Å². The van der Waals surface area contributed by atoms with E-state index in [-0.39, 0.29) is 25.5 Å². The van der Waals surface area contributed by atoms with Crippen LogP contribution in [0.1, 0.15) is 11.7 Å².